The molecule has 0 aliphatic heterocycles. The summed E-state index contributed by atoms with van der Waals surface area (Å²) in [5, 5.41) is 3.53. The van der Waals surface area contributed by atoms with Crippen molar-refractivity contribution in [3.63, 3.8) is 0 Å². The van der Waals surface area contributed by atoms with Gasteiger partial charge in [-0.15, -0.1) is 0 Å². The molecule has 2 heteroatoms. The molecule has 1 rings (SSSR count). The lowest BCUT2D eigenvalue weighted by molar-refractivity contribution is 0.415. The topological polar surface area (TPSA) is 21.3 Å². The van der Waals surface area contributed by atoms with Crippen molar-refractivity contribution in [3.05, 3.63) is 24.3 Å². The summed E-state index contributed by atoms with van der Waals surface area (Å²) in [4.78, 5) is 0. The van der Waals surface area contributed by atoms with E-state index in [0.29, 0.717) is 6.04 Å². The van der Waals surface area contributed by atoms with Gasteiger partial charge in [0.2, 0.25) is 0 Å². The van der Waals surface area contributed by atoms with E-state index < -0.39 is 0 Å². The first-order valence-corrected chi connectivity index (χ1v) is 5.70. The molecule has 0 bridgehead atoms. The van der Waals surface area contributed by atoms with Crippen LogP contribution in [0.4, 0.5) is 5.69 Å². The van der Waals surface area contributed by atoms with Gasteiger partial charge >= 0.3 is 0 Å². The van der Waals surface area contributed by atoms with Gasteiger partial charge in [0.05, 0.1) is 7.11 Å². The van der Waals surface area contributed by atoms with Gasteiger partial charge in [0.15, 0.2) is 0 Å². The van der Waals surface area contributed by atoms with Crippen LogP contribution in [0, 0.1) is 0 Å². The molecular formula is C13H21NO. The molecule has 2 nitrogen and oxygen atoms in total. The molecule has 15 heavy (non-hydrogen) atoms. The van der Waals surface area contributed by atoms with Crippen molar-refractivity contribution in [3.8, 4) is 5.75 Å². The number of ether oxygens (including phenoxy) is 1. The third-order valence-corrected chi connectivity index (χ3v) is 2.59. The molecule has 0 aliphatic carbocycles. The first kappa shape index (κ1) is 11.9. The van der Waals surface area contributed by atoms with Crippen LogP contribution in [0.3, 0.4) is 0 Å². The number of rotatable bonds is 6. The summed E-state index contributed by atoms with van der Waals surface area (Å²) in [6.07, 6.45) is 3.62. The summed E-state index contributed by atoms with van der Waals surface area (Å²) in [7, 11) is 1.69. The molecule has 0 radical (unpaired) electrons. The van der Waals surface area contributed by atoms with Gasteiger partial charge in [-0.05, 0) is 37.1 Å². The van der Waals surface area contributed by atoms with Crippen LogP contribution in [0.2, 0.25) is 0 Å². The normalized spacial score (nSPS) is 12.2. The Hall–Kier alpha value is -1.18. The Kier molecular flexibility index (Phi) is 5.02. The van der Waals surface area contributed by atoms with E-state index in [1.54, 1.807) is 7.11 Å². The van der Waals surface area contributed by atoms with Crippen LogP contribution < -0.4 is 10.1 Å². The molecule has 1 atom stereocenters. The number of methoxy groups -OCH3 is 1. The van der Waals surface area contributed by atoms with Crippen LogP contribution in [0.15, 0.2) is 24.3 Å². The molecule has 0 fully saturated rings. The zero-order valence-corrected chi connectivity index (χ0v) is 9.92. The van der Waals surface area contributed by atoms with Gasteiger partial charge in [0.1, 0.15) is 5.75 Å². The molecular weight excluding hydrogens is 186 g/mol. The maximum Gasteiger partial charge on any atom is 0.119 e. The van der Waals surface area contributed by atoms with Gasteiger partial charge in [-0.1, -0.05) is 20.3 Å². The summed E-state index contributed by atoms with van der Waals surface area (Å²) >= 11 is 0. The Morgan fingerprint density at radius 1 is 1.20 bits per heavy atom. The van der Waals surface area contributed by atoms with Crippen molar-refractivity contribution in [2.75, 3.05) is 12.4 Å². The van der Waals surface area contributed by atoms with Gasteiger partial charge in [-0.2, -0.15) is 0 Å². The average molecular weight is 207 g/mol. The minimum atomic E-state index is 0.586. The molecule has 0 aromatic heterocycles. The van der Waals surface area contributed by atoms with E-state index in [1.807, 2.05) is 12.1 Å². The maximum atomic E-state index is 5.12. The fourth-order valence-corrected chi connectivity index (χ4v) is 1.65. The predicted molar refractivity (Wildman–Crippen MR) is 65.6 cm³/mol. The second kappa shape index (κ2) is 6.33. The van der Waals surface area contributed by atoms with Crippen LogP contribution in [0.1, 0.15) is 33.1 Å². The second-order valence-corrected chi connectivity index (χ2v) is 3.77. The molecule has 0 spiro atoms. The minimum Gasteiger partial charge on any atom is -0.497 e. The highest BCUT2D eigenvalue weighted by Gasteiger charge is 2.04. The Balaban J connectivity index is 2.55. The zero-order valence-electron chi connectivity index (χ0n) is 9.92. The van der Waals surface area contributed by atoms with Crippen LogP contribution >= 0.6 is 0 Å². The number of benzene rings is 1. The smallest absolute Gasteiger partial charge is 0.119 e. The number of hydrogen-bond acceptors (Lipinski definition) is 2. The van der Waals surface area contributed by atoms with Gasteiger partial charge in [-0.3, -0.25) is 0 Å². The van der Waals surface area contributed by atoms with E-state index in [4.69, 9.17) is 4.74 Å². The van der Waals surface area contributed by atoms with E-state index in [1.165, 1.54) is 24.9 Å². The van der Waals surface area contributed by atoms with Crippen molar-refractivity contribution < 1.29 is 4.74 Å². The van der Waals surface area contributed by atoms with Gasteiger partial charge in [-0.25, -0.2) is 0 Å². The van der Waals surface area contributed by atoms with Gasteiger partial charge in [0.25, 0.3) is 0 Å². The minimum absolute atomic E-state index is 0.586. The van der Waals surface area contributed by atoms with Crippen molar-refractivity contribution in [1.82, 2.24) is 0 Å². The van der Waals surface area contributed by atoms with E-state index in [-0.39, 0.29) is 0 Å². The summed E-state index contributed by atoms with van der Waals surface area (Å²) in [6, 6.07) is 8.69. The van der Waals surface area contributed by atoms with Crippen LogP contribution in [-0.4, -0.2) is 13.2 Å². The Bertz CT molecular complexity index is 268. The third-order valence-electron chi connectivity index (χ3n) is 2.59. The molecule has 0 saturated heterocycles. The molecule has 0 heterocycles. The number of anilines is 1. The highest BCUT2D eigenvalue weighted by Crippen LogP contribution is 2.17. The summed E-state index contributed by atoms with van der Waals surface area (Å²) in [5.41, 5.74) is 1.18. The van der Waals surface area contributed by atoms with Gasteiger partial charge in [0, 0.05) is 11.7 Å². The molecule has 1 N–H and O–H groups in total. The second-order valence-electron chi connectivity index (χ2n) is 3.77. The maximum absolute atomic E-state index is 5.12. The summed E-state index contributed by atoms with van der Waals surface area (Å²) in [6.45, 7) is 4.44. The predicted octanol–water partition coefficient (Wildman–Crippen LogP) is 3.69. The van der Waals surface area contributed by atoms with Crippen molar-refractivity contribution in [2.24, 2.45) is 0 Å². The Labute approximate surface area is 92.6 Å². The fraction of sp³-hybridized carbons (Fsp3) is 0.538. The van der Waals surface area contributed by atoms with Crippen LogP contribution in [0.25, 0.3) is 0 Å². The Morgan fingerprint density at radius 2 is 1.87 bits per heavy atom. The van der Waals surface area contributed by atoms with Crippen molar-refractivity contribution in [1.29, 1.82) is 0 Å². The lowest BCUT2D eigenvalue weighted by atomic mass is 10.1. The zero-order chi connectivity index (χ0) is 11.1. The summed E-state index contributed by atoms with van der Waals surface area (Å²) in [5.74, 6) is 0.907. The monoisotopic (exact) mass is 207 g/mol. The van der Waals surface area contributed by atoms with Crippen LogP contribution in [-0.2, 0) is 0 Å². The third kappa shape index (κ3) is 3.82. The lowest BCUT2D eigenvalue weighted by Crippen LogP contribution is -2.17. The highest BCUT2D eigenvalue weighted by molar-refractivity contribution is 5.46. The standard InChI is InChI=1S/C13H21NO/c1-4-6-11(5-2)14-12-7-9-13(15-3)10-8-12/h7-11,14H,4-6H2,1-3H3. The first-order chi connectivity index (χ1) is 7.30. The fourth-order valence-electron chi connectivity index (χ4n) is 1.65. The molecule has 0 amide bonds. The molecule has 1 aromatic carbocycles. The first-order valence-electron chi connectivity index (χ1n) is 5.70. The molecule has 1 unspecified atom stereocenters. The van der Waals surface area contributed by atoms with Crippen molar-refractivity contribution in [2.45, 2.75) is 39.2 Å². The van der Waals surface area contributed by atoms with Gasteiger partial charge < -0.3 is 10.1 Å². The molecule has 0 saturated carbocycles. The number of nitrogens with one attached hydrogen (secondary N) is 1. The molecule has 84 valence electrons. The largest absolute Gasteiger partial charge is 0.497 e. The Morgan fingerprint density at radius 3 is 2.33 bits per heavy atom. The lowest BCUT2D eigenvalue weighted by Gasteiger charge is -2.17. The quantitative estimate of drug-likeness (QED) is 0.768. The van der Waals surface area contributed by atoms with E-state index in [9.17, 15) is 0 Å². The van der Waals surface area contributed by atoms with Crippen molar-refractivity contribution >= 4 is 5.69 Å². The molecule has 0 aliphatic rings. The highest BCUT2D eigenvalue weighted by atomic mass is 16.5. The van der Waals surface area contributed by atoms with E-state index >= 15 is 0 Å². The molecule has 1 aromatic rings. The van der Waals surface area contributed by atoms with E-state index in [2.05, 4.69) is 31.3 Å². The SMILES string of the molecule is CCCC(CC)Nc1ccc(OC)cc1. The number of hydrogen-bond donors (Lipinski definition) is 1. The summed E-state index contributed by atoms with van der Waals surface area (Å²) < 4.78 is 5.12. The van der Waals surface area contributed by atoms with E-state index in [0.717, 1.165) is 5.75 Å². The van der Waals surface area contributed by atoms with Crippen LogP contribution in [0.5, 0.6) is 5.75 Å². The average Bonchev–Trinajstić information content (AvgIpc) is 2.29.